The van der Waals surface area contributed by atoms with Gasteiger partial charge in [0.1, 0.15) is 0 Å². The molecule has 0 aliphatic heterocycles. The average Bonchev–Trinajstić information content (AvgIpc) is 1.74. The van der Waals surface area contributed by atoms with Gasteiger partial charge in [-0.3, -0.25) is 0 Å². The van der Waals surface area contributed by atoms with Crippen LogP contribution in [0, 0.1) is 45.0 Å². The number of fused-ring (bicyclic) bond motifs is 8. The summed E-state index contributed by atoms with van der Waals surface area (Å²) >= 11 is 0. The first kappa shape index (κ1) is 83.6. The second kappa shape index (κ2) is 36.7. The van der Waals surface area contributed by atoms with Crippen LogP contribution in [0.4, 0.5) is 34.1 Å². The zero-order valence-electron chi connectivity index (χ0n) is 71.9. The summed E-state index contributed by atoms with van der Waals surface area (Å²) < 4.78 is 4.70. The van der Waals surface area contributed by atoms with Crippen molar-refractivity contribution in [1.82, 2.24) is 29.1 Å². The molecule has 626 valence electrons. The zero-order valence-corrected chi connectivity index (χ0v) is 76.4. The molecule has 0 N–H and O–H groups in total. The van der Waals surface area contributed by atoms with E-state index >= 15 is 0 Å². The number of aromatic nitrogens is 6. The van der Waals surface area contributed by atoms with Crippen LogP contribution in [0.25, 0.3) is 177 Å². The van der Waals surface area contributed by atoms with Gasteiger partial charge < -0.3 is 38.9 Å². The normalized spacial score (nSPS) is 11.2. The predicted octanol–water partition coefficient (Wildman–Crippen LogP) is 31.5. The molecule has 0 saturated heterocycles. The number of hydrogen-bond donors (Lipinski definition) is 0. The predicted molar refractivity (Wildman–Crippen MR) is 536 cm³/mol. The Morgan fingerprint density at radius 3 is 0.985 bits per heavy atom. The van der Waals surface area contributed by atoms with E-state index in [0.29, 0.717) is 0 Å². The minimum Gasteiger partial charge on any atom is -0.346 e. The summed E-state index contributed by atoms with van der Waals surface area (Å²) in [5.74, 6) is 0. The smallest absolute Gasteiger partial charge is 0.346 e. The van der Waals surface area contributed by atoms with Crippen molar-refractivity contribution < 1.29 is 42.1 Å². The van der Waals surface area contributed by atoms with E-state index < -0.39 is 0 Å². The molecule has 23 rings (SSSR count). The van der Waals surface area contributed by atoms with Gasteiger partial charge in [0.25, 0.3) is 0 Å². The summed E-state index contributed by atoms with van der Waals surface area (Å²) in [4.78, 5) is 24.2. The summed E-state index contributed by atoms with van der Waals surface area (Å²) in [6, 6.07) is 163. The van der Waals surface area contributed by atoms with E-state index in [4.69, 9.17) is 15.0 Å². The number of para-hydroxylation sites is 4. The Morgan fingerprint density at radius 2 is 0.557 bits per heavy atom. The standard InChI is InChI=1S/C62H42N4.C59H40N4.2Pt/c1-41-39-63-59(37-57(41)47-27-25-43-13-3-5-15-45(43)33-47)49-17-11-19-53(35-49)65(51-29-31-52(32-30-51)66-61-23-9-7-21-55(61)56-22-8-10-24-62(56)66)54-20-12-18-50(36-54)60-38-58(42(2)40-64-60)48-28-26-44-14-4-6-16-46(44)34-48;1-41-40-61-57(39-55(41)45-28-26-44(27-29-45)42-15-4-2-5-16-42)48-35-47(43-17-6-3-7-18-43)37-52(38-48)62(51-20-14-19-46(36-51)56-23-12-13-34-60-56)49-30-32-50(33-31-49)63-58-24-10-8-21-53(58)54-22-9-11-25-59(54)63;;/h3-34,37-40H,1-2H3;2-35,37,39-40H,1H3;;/q2*-2;2*+2. The third-order valence-electron chi connectivity index (χ3n) is 24.7. The van der Waals surface area contributed by atoms with Crippen molar-refractivity contribution in [2.24, 2.45) is 0 Å². The fourth-order valence-corrected chi connectivity index (χ4v) is 18.2. The summed E-state index contributed by atoms with van der Waals surface area (Å²) in [6.45, 7) is 6.38. The molecule has 0 amide bonds. The maximum Gasteiger partial charge on any atom is 2.00 e. The van der Waals surface area contributed by atoms with Gasteiger partial charge in [-0.15, -0.1) is 113 Å². The van der Waals surface area contributed by atoms with Crippen LogP contribution >= 0.6 is 0 Å². The van der Waals surface area contributed by atoms with E-state index in [9.17, 15) is 0 Å². The van der Waals surface area contributed by atoms with Gasteiger partial charge in [0, 0.05) is 69.1 Å². The van der Waals surface area contributed by atoms with Crippen molar-refractivity contribution in [1.29, 1.82) is 0 Å². The monoisotopic (exact) mass is 2040 g/mol. The van der Waals surface area contributed by atoms with Crippen LogP contribution in [0.3, 0.4) is 0 Å². The van der Waals surface area contributed by atoms with Crippen molar-refractivity contribution in [3.8, 4) is 112 Å². The van der Waals surface area contributed by atoms with Crippen LogP contribution in [-0.2, 0) is 42.1 Å². The SMILES string of the molecule is Cc1cnc(-c2[c-]c(N(c3[c-]c(-c4cc(-c5ccc6ccccc6c5)c(C)cn4)ccc3)c3ccc(-n4c5ccccc5c5ccccc54)cc3)ccc2)cc1-c1ccc2ccccc2c1.Cc1cnc(-c2[c-]c(N(c3[c-]c(-c4ccccn4)ccc3)c3ccc(-n4c5ccccc5c5ccccc54)cc3)cc(-c3ccccc3)c2)cc1-c1ccc(-c2ccccc2)cc1.[Pt+2].[Pt+2]. The number of aryl methyl sites for hydroxylation is 3. The number of hydrogen-bond acceptors (Lipinski definition) is 6. The third-order valence-corrected chi connectivity index (χ3v) is 24.7. The molecule has 0 saturated carbocycles. The molecule has 0 aliphatic rings. The molecule has 23 aromatic rings. The molecule has 0 spiro atoms. The molecule has 0 fully saturated rings. The van der Waals surface area contributed by atoms with Crippen LogP contribution < -0.4 is 9.80 Å². The molecule has 10 heteroatoms. The van der Waals surface area contributed by atoms with Gasteiger partial charge in [0.15, 0.2) is 0 Å². The minimum atomic E-state index is 0. The molecule has 0 unspecified atom stereocenters. The van der Waals surface area contributed by atoms with Gasteiger partial charge in [-0.25, -0.2) is 0 Å². The van der Waals surface area contributed by atoms with Gasteiger partial charge in [-0.1, -0.05) is 266 Å². The van der Waals surface area contributed by atoms with E-state index in [2.05, 4.69) is 469 Å². The molecular formula is C121H82N8Pt2. The van der Waals surface area contributed by atoms with E-state index in [-0.39, 0.29) is 42.1 Å². The first-order valence-electron chi connectivity index (χ1n) is 43.6. The number of rotatable bonds is 17. The summed E-state index contributed by atoms with van der Waals surface area (Å²) in [5, 5.41) is 9.81. The van der Waals surface area contributed by atoms with Gasteiger partial charge >= 0.3 is 42.1 Å². The first-order valence-corrected chi connectivity index (χ1v) is 43.6. The topological polar surface area (TPSA) is 67.9 Å². The maximum absolute atomic E-state index is 5.06. The summed E-state index contributed by atoms with van der Waals surface area (Å²) in [6.07, 6.45) is 7.76. The Hall–Kier alpha value is -15.6. The molecule has 131 heavy (non-hydrogen) atoms. The Bertz CT molecular complexity index is 7880. The van der Waals surface area contributed by atoms with Gasteiger partial charge in [0.05, 0.1) is 22.1 Å². The fraction of sp³-hybridized carbons (Fsp3) is 0.0248. The molecule has 0 bridgehead atoms. The summed E-state index contributed by atoms with van der Waals surface area (Å²) in [7, 11) is 0. The van der Waals surface area contributed by atoms with Crippen molar-refractivity contribution in [2.45, 2.75) is 20.8 Å². The number of nitrogens with zero attached hydrogens (tertiary/aromatic N) is 8. The number of pyridine rings is 4. The summed E-state index contributed by atoms with van der Waals surface area (Å²) in [5.41, 5.74) is 34.1. The Morgan fingerprint density at radius 1 is 0.221 bits per heavy atom. The Kier molecular flexibility index (Phi) is 23.4. The Balaban J connectivity index is 0.000000161. The van der Waals surface area contributed by atoms with Crippen molar-refractivity contribution >= 4 is 99.3 Å². The van der Waals surface area contributed by atoms with E-state index in [1.54, 1.807) is 0 Å². The quantitative estimate of drug-likeness (QED) is 0.0847. The molecule has 0 atom stereocenters. The fourth-order valence-electron chi connectivity index (χ4n) is 18.2. The molecule has 8 nitrogen and oxygen atoms in total. The molecule has 17 aromatic carbocycles. The second-order valence-corrected chi connectivity index (χ2v) is 32.8. The van der Waals surface area contributed by atoms with Gasteiger partial charge in [0.2, 0.25) is 0 Å². The van der Waals surface area contributed by atoms with E-state index in [1.807, 2.05) is 43.0 Å². The van der Waals surface area contributed by atoms with E-state index in [0.717, 1.165) is 152 Å². The third kappa shape index (κ3) is 16.6. The maximum atomic E-state index is 5.06. The minimum absolute atomic E-state index is 0. The van der Waals surface area contributed by atoms with Crippen LogP contribution in [-0.4, -0.2) is 29.1 Å². The van der Waals surface area contributed by atoms with Crippen molar-refractivity contribution in [2.75, 3.05) is 9.80 Å². The second-order valence-electron chi connectivity index (χ2n) is 32.8. The zero-order chi connectivity index (χ0) is 86.3. The average molecular weight is 2040 g/mol. The first-order chi connectivity index (χ1) is 63.7. The van der Waals surface area contributed by atoms with Crippen LogP contribution in [0.2, 0.25) is 0 Å². The molecule has 0 radical (unpaired) electrons. The van der Waals surface area contributed by atoms with Crippen molar-refractivity contribution in [3.05, 3.63) is 484 Å². The van der Waals surface area contributed by atoms with Gasteiger partial charge in [-0.05, 0) is 246 Å². The van der Waals surface area contributed by atoms with Crippen LogP contribution in [0.15, 0.2) is 443 Å². The molecule has 0 aliphatic carbocycles. The van der Waals surface area contributed by atoms with Gasteiger partial charge in [-0.2, -0.15) is 0 Å². The molecular weight excluding hydrogens is 1960 g/mol. The largest absolute Gasteiger partial charge is 2.00 e. The molecule has 6 heterocycles. The number of benzene rings is 17. The van der Waals surface area contributed by atoms with Crippen molar-refractivity contribution in [3.63, 3.8) is 0 Å². The van der Waals surface area contributed by atoms with Crippen LogP contribution in [0.1, 0.15) is 16.7 Å². The molecule has 6 aromatic heterocycles. The van der Waals surface area contributed by atoms with Crippen LogP contribution in [0.5, 0.6) is 0 Å². The number of anilines is 6. The Labute approximate surface area is 791 Å². The van der Waals surface area contributed by atoms with E-state index in [1.165, 1.54) is 76.3 Å².